The zero-order chi connectivity index (χ0) is 12.8. The molecule has 0 aromatic heterocycles. The van der Waals surface area contributed by atoms with Crippen LogP contribution in [0.25, 0.3) is 0 Å². The molecule has 4 N–H and O–H groups in total. The first-order chi connectivity index (χ1) is 8.08. The van der Waals surface area contributed by atoms with Gasteiger partial charge >= 0.3 is 5.69 Å². The Labute approximate surface area is 102 Å². The number of nitro groups is 1. The Bertz CT molecular complexity index is 450. The van der Waals surface area contributed by atoms with E-state index >= 15 is 0 Å². The molecule has 1 rings (SSSR count). The van der Waals surface area contributed by atoms with Crippen LogP contribution in [0.2, 0.25) is 0 Å². The molecule has 0 atom stereocenters. The molecule has 0 aliphatic carbocycles. The summed E-state index contributed by atoms with van der Waals surface area (Å²) >= 11 is 1.20. The molecule has 0 unspecified atom stereocenters. The second kappa shape index (κ2) is 5.94. The van der Waals surface area contributed by atoms with Gasteiger partial charge in [0.25, 0.3) is 0 Å². The molecule has 0 saturated carbocycles. The van der Waals surface area contributed by atoms with Crippen molar-refractivity contribution in [3.63, 3.8) is 0 Å². The van der Waals surface area contributed by atoms with Crippen LogP contribution in [0.1, 0.15) is 5.56 Å². The Kier molecular flexibility index (Phi) is 4.58. The number of methoxy groups -OCH3 is 1. The second-order valence-corrected chi connectivity index (χ2v) is 4.01. The average Bonchev–Trinajstić information content (AvgIpc) is 2.35. The summed E-state index contributed by atoms with van der Waals surface area (Å²) in [5.41, 5.74) is 6.07. The lowest BCUT2D eigenvalue weighted by Gasteiger charge is -2.04. The molecule has 92 valence electrons. The maximum absolute atomic E-state index is 10.8. The average molecular weight is 256 g/mol. The molecule has 17 heavy (non-hydrogen) atoms. The van der Waals surface area contributed by atoms with Crippen LogP contribution >= 0.6 is 11.8 Å². The lowest BCUT2D eigenvalue weighted by molar-refractivity contribution is -0.385. The number of nitro benzene ring substituents is 1. The van der Waals surface area contributed by atoms with Crippen molar-refractivity contribution < 1.29 is 9.66 Å². The first kappa shape index (κ1) is 13.1. The van der Waals surface area contributed by atoms with Gasteiger partial charge in [-0.15, -0.1) is 0 Å². The van der Waals surface area contributed by atoms with Crippen molar-refractivity contribution in [1.82, 2.24) is 0 Å². The van der Waals surface area contributed by atoms with Gasteiger partial charge in [-0.25, -0.2) is 0 Å². The highest BCUT2D eigenvalue weighted by Crippen LogP contribution is 2.28. The largest absolute Gasteiger partial charge is 0.490 e. The summed E-state index contributed by atoms with van der Waals surface area (Å²) in [4.78, 5) is 10.3. The van der Waals surface area contributed by atoms with Crippen molar-refractivity contribution in [3.05, 3.63) is 33.9 Å². The van der Waals surface area contributed by atoms with E-state index in [1.54, 1.807) is 12.1 Å². The summed E-state index contributed by atoms with van der Waals surface area (Å²) in [7, 11) is 1.38. The third-order valence-corrected chi connectivity index (χ3v) is 2.83. The fourth-order valence-electron chi connectivity index (χ4n) is 1.16. The highest BCUT2D eigenvalue weighted by Gasteiger charge is 2.15. The molecule has 0 bridgehead atoms. The number of hydrazone groups is 1. The summed E-state index contributed by atoms with van der Waals surface area (Å²) in [6.07, 6.45) is 0. The van der Waals surface area contributed by atoms with E-state index < -0.39 is 4.92 Å². The molecule has 0 fully saturated rings. The lowest BCUT2D eigenvalue weighted by atomic mass is 10.2. The van der Waals surface area contributed by atoms with E-state index in [1.165, 1.54) is 24.9 Å². The molecule has 0 radical (unpaired) electrons. The number of benzene rings is 1. The van der Waals surface area contributed by atoms with Crippen molar-refractivity contribution in [2.75, 3.05) is 7.11 Å². The number of hydrogen-bond acceptors (Lipinski definition) is 6. The third kappa shape index (κ3) is 3.52. The molecule has 0 aliphatic rings. The summed E-state index contributed by atoms with van der Waals surface area (Å²) in [5.74, 6) is 5.66. The van der Waals surface area contributed by atoms with Crippen LogP contribution in [-0.4, -0.2) is 17.2 Å². The zero-order valence-corrected chi connectivity index (χ0v) is 9.94. The summed E-state index contributed by atoms with van der Waals surface area (Å²) < 4.78 is 4.89. The fourth-order valence-corrected chi connectivity index (χ4v) is 1.73. The van der Waals surface area contributed by atoms with Gasteiger partial charge in [0.05, 0.1) is 12.0 Å². The highest BCUT2D eigenvalue weighted by atomic mass is 32.2. The molecule has 1 aromatic rings. The van der Waals surface area contributed by atoms with Crippen molar-refractivity contribution in [2.45, 2.75) is 5.75 Å². The molecule has 0 amide bonds. The van der Waals surface area contributed by atoms with Gasteiger partial charge < -0.3 is 16.3 Å². The quantitative estimate of drug-likeness (QED) is 0.273. The SMILES string of the molecule is COc1ccc(CSC(N)=NN)cc1[N+](=O)[O-]. The zero-order valence-electron chi connectivity index (χ0n) is 9.12. The number of nitrogens with zero attached hydrogens (tertiary/aromatic N) is 2. The molecule has 1 aromatic carbocycles. The molecule has 0 spiro atoms. The molecule has 0 saturated heterocycles. The third-order valence-electron chi connectivity index (χ3n) is 1.95. The maximum Gasteiger partial charge on any atom is 0.311 e. The first-order valence-corrected chi connectivity index (χ1v) is 5.54. The minimum Gasteiger partial charge on any atom is -0.490 e. The Morgan fingerprint density at radius 3 is 2.88 bits per heavy atom. The smallest absolute Gasteiger partial charge is 0.311 e. The first-order valence-electron chi connectivity index (χ1n) is 4.56. The van der Waals surface area contributed by atoms with Crippen molar-refractivity contribution >= 4 is 22.6 Å². The number of hydrogen-bond donors (Lipinski definition) is 2. The van der Waals surface area contributed by atoms with Crippen LogP contribution in [0.15, 0.2) is 23.3 Å². The van der Waals surface area contributed by atoms with E-state index in [0.29, 0.717) is 5.75 Å². The second-order valence-electron chi connectivity index (χ2n) is 3.02. The van der Waals surface area contributed by atoms with E-state index in [0.717, 1.165) is 5.56 Å². The van der Waals surface area contributed by atoms with Gasteiger partial charge in [0.1, 0.15) is 0 Å². The monoisotopic (exact) mass is 256 g/mol. The van der Waals surface area contributed by atoms with Crippen LogP contribution in [0, 0.1) is 10.1 Å². The number of rotatable bonds is 4. The number of amidine groups is 1. The van der Waals surface area contributed by atoms with Crippen LogP contribution in [0.5, 0.6) is 5.75 Å². The fraction of sp³-hybridized carbons (Fsp3) is 0.222. The maximum atomic E-state index is 10.8. The molecule has 7 nitrogen and oxygen atoms in total. The standard InChI is InChI=1S/C9H12N4O3S/c1-16-8-3-2-6(4-7(8)13(14)15)5-17-9(10)12-11/h2-4H,5,11H2,1H3,(H2,10,12). The van der Waals surface area contributed by atoms with Crippen LogP contribution < -0.4 is 16.3 Å². The van der Waals surface area contributed by atoms with E-state index in [1.807, 2.05) is 0 Å². The van der Waals surface area contributed by atoms with Crippen molar-refractivity contribution in [1.29, 1.82) is 0 Å². The molecular formula is C9H12N4O3S. The van der Waals surface area contributed by atoms with Gasteiger partial charge in [0.15, 0.2) is 10.9 Å². The highest BCUT2D eigenvalue weighted by molar-refractivity contribution is 8.13. The predicted molar refractivity (Wildman–Crippen MR) is 66.8 cm³/mol. The van der Waals surface area contributed by atoms with Gasteiger partial charge in [0, 0.05) is 11.8 Å². The molecular weight excluding hydrogens is 244 g/mol. The number of nitrogens with two attached hydrogens (primary N) is 2. The van der Waals surface area contributed by atoms with Gasteiger partial charge in [-0.1, -0.05) is 17.8 Å². The van der Waals surface area contributed by atoms with Crippen LogP contribution in [0.3, 0.4) is 0 Å². The summed E-state index contributed by atoms with van der Waals surface area (Å²) in [6, 6.07) is 4.71. The van der Waals surface area contributed by atoms with Crippen molar-refractivity contribution in [3.8, 4) is 5.75 Å². The van der Waals surface area contributed by atoms with E-state index in [4.69, 9.17) is 16.3 Å². The number of thioether (sulfide) groups is 1. The van der Waals surface area contributed by atoms with Crippen molar-refractivity contribution in [2.24, 2.45) is 16.7 Å². The Balaban J connectivity index is 2.89. The Morgan fingerprint density at radius 2 is 2.35 bits per heavy atom. The lowest BCUT2D eigenvalue weighted by Crippen LogP contribution is -2.09. The molecule has 8 heteroatoms. The van der Waals surface area contributed by atoms with Gasteiger partial charge in [0.2, 0.25) is 0 Å². The number of ether oxygens (including phenoxy) is 1. The minimum atomic E-state index is -0.493. The predicted octanol–water partition coefficient (Wildman–Crippen LogP) is 1.02. The van der Waals surface area contributed by atoms with E-state index in [9.17, 15) is 10.1 Å². The molecule has 0 aliphatic heterocycles. The van der Waals surface area contributed by atoms with Gasteiger partial charge in [-0.2, -0.15) is 5.10 Å². The van der Waals surface area contributed by atoms with Gasteiger partial charge in [-0.05, 0) is 11.6 Å². The Hall–Kier alpha value is -1.96. The minimum absolute atomic E-state index is 0.0751. The molecule has 0 heterocycles. The summed E-state index contributed by atoms with van der Waals surface area (Å²) in [6.45, 7) is 0. The van der Waals surface area contributed by atoms with E-state index in [-0.39, 0.29) is 16.6 Å². The Morgan fingerprint density at radius 1 is 1.65 bits per heavy atom. The normalized spacial score (nSPS) is 11.2. The summed E-state index contributed by atoms with van der Waals surface area (Å²) in [5, 5.41) is 14.3. The van der Waals surface area contributed by atoms with Crippen LogP contribution in [0.4, 0.5) is 5.69 Å². The van der Waals surface area contributed by atoms with Crippen LogP contribution in [-0.2, 0) is 5.75 Å². The van der Waals surface area contributed by atoms with Gasteiger partial charge in [-0.3, -0.25) is 10.1 Å². The van der Waals surface area contributed by atoms with E-state index in [2.05, 4.69) is 5.10 Å². The topological polar surface area (TPSA) is 117 Å².